The van der Waals surface area contributed by atoms with Crippen LogP contribution in [0.2, 0.25) is 0 Å². The summed E-state index contributed by atoms with van der Waals surface area (Å²) in [5, 5.41) is 18.2. The van der Waals surface area contributed by atoms with Crippen molar-refractivity contribution >= 4 is 5.91 Å². The number of aryl methyl sites for hydroxylation is 1. The normalized spacial score (nSPS) is 20.8. The summed E-state index contributed by atoms with van der Waals surface area (Å²) < 4.78 is 6.22. The van der Waals surface area contributed by atoms with Crippen LogP contribution in [0.25, 0.3) is 11.1 Å². The van der Waals surface area contributed by atoms with Crippen LogP contribution < -0.4 is 4.74 Å². The molecule has 0 radical (unpaired) electrons. The summed E-state index contributed by atoms with van der Waals surface area (Å²) in [6.07, 6.45) is 9.54. The van der Waals surface area contributed by atoms with Crippen LogP contribution in [0, 0.1) is 5.92 Å². The summed E-state index contributed by atoms with van der Waals surface area (Å²) in [6, 6.07) is 10.1. The Balaban J connectivity index is 1.54. The molecule has 1 N–H and O–H groups in total. The Morgan fingerprint density at radius 3 is 2.54 bits per heavy atom. The number of likely N-dealkylation sites (tertiary alicyclic amines) is 1. The minimum atomic E-state index is -0.279. The van der Waals surface area contributed by atoms with Gasteiger partial charge in [-0.1, -0.05) is 31.9 Å². The zero-order valence-electron chi connectivity index (χ0n) is 22.6. The fourth-order valence-corrected chi connectivity index (χ4v) is 5.53. The van der Waals surface area contributed by atoms with Gasteiger partial charge in [0.25, 0.3) is 5.91 Å². The second-order valence-electron chi connectivity index (χ2n) is 10.8. The fraction of sp³-hybridized carbons (Fsp3) is 0.621. The number of unbranched alkanes of at least 4 members (excludes halogenated alkanes) is 1. The number of hydrogen-bond acceptors (Lipinski definition) is 7. The Morgan fingerprint density at radius 1 is 1.11 bits per heavy atom. The van der Waals surface area contributed by atoms with E-state index in [1.807, 2.05) is 42.1 Å². The van der Waals surface area contributed by atoms with Gasteiger partial charge in [0.1, 0.15) is 11.9 Å². The van der Waals surface area contributed by atoms with E-state index in [-0.39, 0.29) is 17.9 Å². The molecule has 37 heavy (non-hydrogen) atoms. The molecule has 0 spiro atoms. The first-order valence-electron chi connectivity index (χ1n) is 13.9. The predicted octanol–water partition coefficient (Wildman–Crippen LogP) is 5.08. The highest BCUT2D eigenvalue weighted by molar-refractivity contribution is 5.93. The number of hydrogen-bond donors (Lipinski definition) is 1. The van der Waals surface area contributed by atoms with E-state index >= 15 is 0 Å². The summed E-state index contributed by atoms with van der Waals surface area (Å²) in [5.74, 6) is 0.781. The Bertz CT molecular complexity index is 1010. The fourth-order valence-electron chi connectivity index (χ4n) is 5.53. The van der Waals surface area contributed by atoms with Crippen molar-refractivity contribution in [3.63, 3.8) is 0 Å². The Kier molecular flexibility index (Phi) is 9.88. The molecule has 1 saturated carbocycles. The van der Waals surface area contributed by atoms with Crippen LogP contribution in [0.3, 0.4) is 0 Å². The molecule has 1 amide bonds. The van der Waals surface area contributed by atoms with Crippen LogP contribution in [0.4, 0.5) is 0 Å². The number of benzene rings is 1. The molecule has 2 aromatic rings. The first kappa shape index (κ1) is 27.5. The van der Waals surface area contributed by atoms with Gasteiger partial charge in [-0.3, -0.25) is 10.1 Å². The molecule has 2 atom stereocenters. The maximum atomic E-state index is 13.5. The van der Waals surface area contributed by atoms with Gasteiger partial charge in [-0.2, -0.15) is 5.10 Å². The van der Waals surface area contributed by atoms with E-state index in [4.69, 9.17) is 9.62 Å². The van der Waals surface area contributed by atoms with Crippen molar-refractivity contribution in [3.05, 3.63) is 41.7 Å². The summed E-state index contributed by atoms with van der Waals surface area (Å²) in [5.41, 5.74) is 3.24. The monoisotopic (exact) mass is 510 g/mol. The summed E-state index contributed by atoms with van der Waals surface area (Å²) in [7, 11) is 3.96. The molecule has 2 heterocycles. The van der Waals surface area contributed by atoms with Gasteiger partial charge in [-0.25, -0.2) is 4.89 Å². The van der Waals surface area contributed by atoms with Crippen molar-refractivity contribution in [1.82, 2.24) is 20.0 Å². The lowest BCUT2D eigenvalue weighted by Gasteiger charge is -2.37. The number of nitrogens with zero attached hydrogens (tertiary/aromatic N) is 4. The molecule has 1 aromatic carbocycles. The number of carbonyl (C=O) groups is 1. The molecular weight excluding hydrogens is 468 g/mol. The SMILES string of the molecule is CCCCc1nnc(C(=O)N2CCC(OO)C(CN(C)C)C2)cc1-c1ccc(OC2CCCCC2)cc1. The molecule has 4 rings (SSSR count). The zero-order valence-corrected chi connectivity index (χ0v) is 22.6. The maximum Gasteiger partial charge on any atom is 0.274 e. The molecule has 0 bridgehead atoms. The average molecular weight is 511 g/mol. The summed E-state index contributed by atoms with van der Waals surface area (Å²) in [4.78, 5) is 22.1. The van der Waals surface area contributed by atoms with Crippen molar-refractivity contribution in [1.29, 1.82) is 0 Å². The lowest BCUT2D eigenvalue weighted by molar-refractivity contribution is -0.297. The zero-order chi connectivity index (χ0) is 26.2. The third kappa shape index (κ3) is 7.27. The molecule has 8 heteroatoms. The van der Waals surface area contributed by atoms with Crippen molar-refractivity contribution in [3.8, 4) is 16.9 Å². The second kappa shape index (κ2) is 13.3. The number of amides is 1. The van der Waals surface area contributed by atoms with Crippen molar-refractivity contribution in [2.75, 3.05) is 33.7 Å². The number of aromatic nitrogens is 2. The standard InChI is InChI=1S/C29H42N4O4/c1-4-5-11-26-25(21-12-14-24(15-13-21)36-23-9-7-6-8-10-23)18-27(31-30-26)29(34)33-17-16-28(37-35)22(20-33)19-32(2)3/h12-15,18,22-23,28,35H,4-11,16-17,19-20H2,1-3H3. The molecule has 2 aliphatic rings. The second-order valence-corrected chi connectivity index (χ2v) is 10.8. The van der Waals surface area contributed by atoms with Gasteiger partial charge in [0.05, 0.1) is 11.8 Å². The third-order valence-electron chi connectivity index (χ3n) is 7.56. The van der Waals surface area contributed by atoms with Crippen LogP contribution in [-0.4, -0.2) is 77.1 Å². The van der Waals surface area contributed by atoms with E-state index in [2.05, 4.69) is 29.3 Å². The molecule has 202 valence electrons. The highest BCUT2D eigenvalue weighted by atomic mass is 17.1. The van der Waals surface area contributed by atoms with Gasteiger partial charge in [-0.05, 0) is 82.8 Å². The number of rotatable bonds is 10. The van der Waals surface area contributed by atoms with Crippen LogP contribution >= 0.6 is 0 Å². The first-order chi connectivity index (χ1) is 18.0. The summed E-state index contributed by atoms with van der Waals surface area (Å²) in [6.45, 7) is 3.89. The van der Waals surface area contributed by atoms with Crippen molar-refractivity contribution in [2.24, 2.45) is 5.92 Å². The highest BCUT2D eigenvalue weighted by Gasteiger charge is 2.34. The summed E-state index contributed by atoms with van der Waals surface area (Å²) >= 11 is 0. The van der Waals surface area contributed by atoms with Gasteiger partial charge in [0.2, 0.25) is 0 Å². The Morgan fingerprint density at radius 2 is 1.86 bits per heavy atom. The number of carbonyl (C=O) groups excluding carboxylic acids is 1. The van der Waals surface area contributed by atoms with Crippen LogP contribution in [0.1, 0.15) is 74.5 Å². The first-order valence-corrected chi connectivity index (χ1v) is 13.9. The molecule has 1 aliphatic heterocycles. The maximum absolute atomic E-state index is 13.5. The molecule has 1 saturated heterocycles. The molecule has 1 aliphatic carbocycles. The van der Waals surface area contributed by atoms with Crippen molar-refractivity contribution < 1.29 is 19.7 Å². The predicted molar refractivity (Wildman–Crippen MR) is 144 cm³/mol. The largest absolute Gasteiger partial charge is 0.490 e. The number of piperidine rings is 1. The van der Waals surface area contributed by atoms with Gasteiger partial charge < -0.3 is 14.5 Å². The van der Waals surface area contributed by atoms with E-state index < -0.39 is 0 Å². The van der Waals surface area contributed by atoms with Crippen molar-refractivity contribution in [2.45, 2.75) is 76.9 Å². The third-order valence-corrected chi connectivity index (χ3v) is 7.56. The van der Waals surface area contributed by atoms with Gasteiger partial charge in [0, 0.05) is 31.1 Å². The van der Waals surface area contributed by atoms with E-state index in [0.29, 0.717) is 31.3 Å². The van der Waals surface area contributed by atoms with Crippen LogP contribution in [-0.2, 0) is 11.3 Å². The lowest BCUT2D eigenvalue weighted by atomic mass is 9.93. The molecule has 2 unspecified atom stereocenters. The molecule has 2 fully saturated rings. The highest BCUT2D eigenvalue weighted by Crippen LogP contribution is 2.29. The van der Waals surface area contributed by atoms with E-state index in [1.165, 1.54) is 19.3 Å². The molecule has 1 aromatic heterocycles. The van der Waals surface area contributed by atoms with Gasteiger partial charge in [0.15, 0.2) is 5.69 Å². The van der Waals surface area contributed by atoms with Crippen LogP contribution in [0.15, 0.2) is 30.3 Å². The average Bonchev–Trinajstić information content (AvgIpc) is 2.92. The lowest BCUT2D eigenvalue weighted by Crippen LogP contribution is -2.49. The van der Waals surface area contributed by atoms with Gasteiger partial charge in [-0.15, -0.1) is 5.10 Å². The Labute approximate surface area is 220 Å². The van der Waals surface area contributed by atoms with E-state index in [1.54, 1.807) is 0 Å². The van der Waals surface area contributed by atoms with Crippen LogP contribution in [0.5, 0.6) is 5.75 Å². The van der Waals surface area contributed by atoms with E-state index in [0.717, 1.165) is 61.2 Å². The molecular formula is C29H42N4O4. The topological polar surface area (TPSA) is 88.0 Å². The molecule has 8 nitrogen and oxygen atoms in total. The smallest absolute Gasteiger partial charge is 0.274 e. The number of ether oxygens (including phenoxy) is 1. The van der Waals surface area contributed by atoms with Gasteiger partial charge >= 0.3 is 0 Å². The Hall–Kier alpha value is -2.55. The quantitative estimate of drug-likeness (QED) is 0.352. The van der Waals surface area contributed by atoms with E-state index in [9.17, 15) is 10.1 Å². The minimum Gasteiger partial charge on any atom is -0.490 e. The minimum absolute atomic E-state index is 0.0191.